The van der Waals surface area contributed by atoms with Gasteiger partial charge in [0.1, 0.15) is 17.6 Å². The summed E-state index contributed by atoms with van der Waals surface area (Å²) in [6.45, 7) is 11.9. The highest BCUT2D eigenvalue weighted by atomic mass is 16.6. The first kappa shape index (κ1) is 33.9. The third-order valence-electron chi connectivity index (χ3n) is 4.28. The van der Waals surface area contributed by atoms with Crippen molar-refractivity contribution in [2.45, 2.75) is 41.2 Å². The van der Waals surface area contributed by atoms with Crippen LogP contribution in [0.2, 0.25) is 0 Å². The van der Waals surface area contributed by atoms with Crippen molar-refractivity contribution >= 4 is 17.8 Å². The van der Waals surface area contributed by atoms with Gasteiger partial charge in [-0.25, -0.2) is 4.79 Å². The van der Waals surface area contributed by atoms with E-state index in [2.05, 4.69) is 22.5 Å². The van der Waals surface area contributed by atoms with E-state index in [1.54, 1.807) is 38.4 Å². The summed E-state index contributed by atoms with van der Waals surface area (Å²) in [6, 6.07) is 6.60. The highest BCUT2D eigenvalue weighted by Gasteiger charge is 2.19. The van der Waals surface area contributed by atoms with E-state index in [0.29, 0.717) is 18.0 Å². The summed E-state index contributed by atoms with van der Waals surface area (Å²) < 4.78 is 21.3. The fourth-order valence-electron chi connectivity index (χ4n) is 2.04. The summed E-state index contributed by atoms with van der Waals surface area (Å²) in [6.07, 6.45) is -0.462. The molecule has 0 bridgehead atoms. The van der Waals surface area contributed by atoms with Gasteiger partial charge in [0.05, 0.1) is 13.2 Å². The lowest BCUT2D eigenvalue weighted by Gasteiger charge is -2.25. The Morgan fingerprint density at radius 1 is 0.971 bits per heavy atom. The van der Waals surface area contributed by atoms with Crippen LogP contribution in [-0.2, 0) is 23.9 Å². The zero-order valence-corrected chi connectivity index (χ0v) is 21.3. The van der Waals surface area contributed by atoms with Gasteiger partial charge >= 0.3 is 5.97 Å². The number of rotatable bonds is 12. The molecule has 10 heteroatoms. The maximum absolute atomic E-state index is 12.1. The Bertz CT molecular complexity index is 774. The van der Waals surface area contributed by atoms with Crippen molar-refractivity contribution in [3.8, 4) is 11.5 Å². The Kier molecular flexibility index (Phi) is 17.5. The number of likely N-dealkylation sites (N-methyl/N-ethyl adjacent to an activating group) is 1. The molecule has 0 fully saturated rings. The maximum Gasteiger partial charge on any atom is 0.344 e. The van der Waals surface area contributed by atoms with Crippen molar-refractivity contribution in [2.24, 2.45) is 5.41 Å². The Labute approximate surface area is 209 Å². The first-order chi connectivity index (χ1) is 15.9. The summed E-state index contributed by atoms with van der Waals surface area (Å²) in [5.41, 5.74) is 0.755. The SMILES string of the molecule is C.C=C(NCC(COC)OC(=O)COc1ccc(OCC(=O)NC)cc1)C(C)(C)C.CNC(C)=O. The van der Waals surface area contributed by atoms with E-state index < -0.39 is 12.1 Å². The fraction of sp³-hybridized carbons (Fsp3) is 0.560. The van der Waals surface area contributed by atoms with Crippen LogP contribution in [-0.4, -0.2) is 71.5 Å². The Balaban J connectivity index is 0. The maximum atomic E-state index is 12.1. The van der Waals surface area contributed by atoms with Crippen LogP contribution in [0.15, 0.2) is 36.5 Å². The van der Waals surface area contributed by atoms with Crippen LogP contribution in [0.5, 0.6) is 11.5 Å². The molecule has 0 aliphatic rings. The third-order valence-corrected chi connectivity index (χ3v) is 4.28. The number of nitrogens with one attached hydrogen (secondary N) is 3. The summed E-state index contributed by atoms with van der Waals surface area (Å²) >= 11 is 0. The van der Waals surface area contributed by atoms with Gasteiger partial charge in [-0.05, 0) is 24.3 Å². The molecule has 200 valence electrons. The van der Waals surface area contributed by atoms with Crippen molar-refractivity contribution in [1.29, 1.82) is 0 Å². The number of carbonyl (C=O) groups is 3. The van der Waals surface area contributed by atoms with Gasteiger partial charge in [0, 0.05) is 39.2 Å². The Hall–Kier alpha value is -3.27. The van der Waals surface area contributed by atoms with E-state index in [4.69, 9.17) is 18.9 Å². The van der Waals surface area contributed by atoms with Gasteiger partial charge in [0.25, 0.3) is 5.91 Å². The normalized spacial score (nSPS) is 10.8. The number of hydrogen-bond acceptors (Lipinski definition) is 8. The number of hydrogen-bond donors (Lipinski definition) is 3. The van der Waals surface area contributed by atoms with Crippen molar-refractivity contribution in [3.05, 3.63) is 36.5 Å². The molecule has 1 unspecified atom stereocenters. The van der Waals surface area contributed by atoms with Crippen molar-refractivity contribution < 1.29 is 33.3 Å². The van der Waals surface area contributed by atoms with E-state index in [1.807, 2.05) is 20.8 Å². The standard InChI is InChI=1S/C21H32N2O6.C3H7NO.CH4/c1-15(21(2,3)4)23-11-18(12-26-6)29-20(25)14-28-17-9-7-16(8-10-17)27-13-19(24)22-5;1-3(5)4-2;/h7-10,18,23H,1,11-14H2,2-6H3,(H,22,24);1-2H3,(H,4,5);1H4. The molecule has 3 N–H and O–H groups in total. The molecule has 0 saturated carbocycles. The number of amides is 2. The lowest BCUT2D eigenvalue weighted by molar-refractivity contribution is -0.153. The second-order valence-corrected chi connectivity index (χ2v) is 8.20. The minimum absolute atomic E-state index is 0. The van der Waals surface area contributed by atoms with Crippen molar-refractivity contribution in [1.82, 2.24) is 16.0 Å². The van der Waals surface area contributed by atoms with Gasteiger partial charge in [0.15, 0.2) is 13.2 Å². The second-order valence-electron chi connectivity index (χ2n) is 8.20. The van der Waals surface area contributed by atoms with Gasteiger partial charge in [-0.15, -0.1) is 0 Å². The zero-order chi connectivity index (χ0) is 26.1. The Morgan fingerprint density at radius 3 is 1.86 bits per heavy atom. The summed E-state index contributed by atoms with van der Waals surface area (Å²) in [4.78, 5) is 33.0. The number of ether oxygens (including phenoxy) is 4. The van der Waals surface area contributed by atoms with Crippen LogP contribution in [0.3, 0.4) is 0 Å². The molecule has 1 atom stereocenters. The molecule has 0 aliphatic carbocycles. The number of allylic oxidation sites excluding steroid dienone is 1. The van der Waals surface area contributed by atoms with E-state index >= 15 is 0 Å². The minimum atomic E-state index is -0.504. The van der Waals surface area contributed by atoms with Crippen LogP contribution < -0.4 is 25.4 Å². The minimum Gasteiger partial charge on any atom is -0.484 e. The highest BCUT2D eigenvalue weighted by Crippen LogP contribution is 2.21. The number of benzene rings is 1. The molecular weight excluding hydrogens is 454 g/mol. The molecule has 0 heterocycles. The molecule has 1 aromatic rings. The smallest absolute Gasteiger partial charge is 0.344 e. The van der Waals surface area contributed by atoms with Gasteiger partial charge in [-0.1, -0.05) is 34.8 Å². The number of carbonyl (C=O) groups excluding carboxylic acids is 3. The predicted molar refractivity (Wildman–Crippen MR) is 136 cm³/mol. The summed E-state index contributed by atoms with van der Waals surface area (Å²) in [7, 11) is 4.68. The first-order valence-corrected chi connectivity index (χ1v) is 10.8. The molecule has 1 aromatic carbocycles. The molecule has 35 heavy (non-hydrogen) atoms. The molecule has 10 nitrogen and oxygen atoms in total. The lowest BCUT2D eigenvalue weighted by Crippen LogP contribution is -2.37. The lowest BCUT2D eigenvalue weighted by atomic mass is 9.93. The number of methoxy groups -OCH3 is 1. The van der Waals surface area contributed by atoms with Crippen LogP contribution in [0.1, 0.15) is 35.1 Å². The van der Waals surface area contributed by atoms with Gasteiger partial charge < -0.3 is 34.9 Å². The monoisotopic (exact) mass is 497 g/mol. The predicted octanol–water partition coefficient (Wildman–Crippen LogP) is 2.29. The van der Waals surface area contributed by atoms with E-state index in [0.717, 1.165) is 5.70 Å². The fourth-order valence-corrected chi connectivity index (χ4v) is 2.04. The first-order valence-electron chi connectivity index (χ1n) is 10.8. The number of esters is 1. The molecule has 2 amide bonds. The Morgan fingerprint density at radius 2 is 1.46 bits per heavy atom. The molecule has 0 spiro atoms. The third kappa shape index (κ3) is 16.9. The van der Waals surface area contributed by atoms with Crippen LogP contribution in [0.25, 0.3) is 0 Å². The molecule has 0 saturated heterocycles. The molecule has 1 rings (SSSR count). The molecule has 0 radical (unpaired) electrons. The van der Waals surface area contributed by atoms with Crippen molar-refractivity contribution in [3.63, 3.8) is 0 Å². The average molecular weight is 498 g/mol. The molecule has 0 aromatic heterocycles. The van der Waals surface area contributed by atoms with Gasteiger partial charge in [0.2, 0.25) is 5.91 Å². The summed E-state index contributed by atoms with van der Waals surface area (Å²) in [5, 5.41) is 8.04. The van der Waals surface area contributed by atoms with E-state index in [-0.39, 0.29) is 44.5 Å². The van der Waals surface area contributed by atoms with Gasteiger partial charge in [-0.2, -0.15) is 0 Å². The molecule has 0 aliphatic heterocycles. The van der Waals surface area contributed by atoms with Crippen LogP contribution in [0.4, 0.5) is 0 Å². The highest BCUT2D eigenvalue weighted by molar-refractivity contribution is 5.77. The van der Waals surface area contributed by atoms with Gasteiger partial charge in [-0.3, -0.25) is 9.59 Å². The summed E-state index contributed by atoms with van der Waals surface area (Å²) in [5.74, 6) is 0.282. The largest absolute Gasteiger partial charge is 0.484 e. The van der Waals surface area contributed by atoms with Crippen LogP contribution in [0, 0.1) is 5.41 Å². The second kappa shape index (κ2) is 18.1. The topological polar surface area (TPSA) is 124 Å². The zero-order valence-electron chi connectivity index (χ0n) is 21.3. The quantitative estimate of drug-likeness (QED) is 0.376. The van der Waals surface area contributed by atoms with Crippen LogP contribution >= 0.6 is 0 Å². The van der Waals surface area contributed by atoms with E-state index in [9.17, 15) is 14.4 Å². The van der Waals surface area contributed by atoms with E-state index in [1.165, 1.54) is 14.0 Å². The average Bonchev–Trinajstić information content (AvgIpc) is 2.79. The molecular formula is C25H43N3O7. The van der Waals surface area contributed by atoms with Crippen molar-refractivity contribution in [2.75, 3.05) is 47.6 Å².